The van der Waals surface area contributed by atoms with E-state index in [1.165, 1.54) is 6.92 Å². The van der Waals surface area contributed by atoms with Crippen LogP contribution in [0.25, 0.3) is 0 Å². The Bertz CT molecular complexity index is 1020. The number of aromatic hydroxyl groups is 1. The van der Waals surface area contributed by atoms with Crippen LogP contribution in [0.1, 0.15) is 86.7 Å². The Morgan fingerprint density at radius 2 is 1.87 bits per heavy atom. The number of ether oxygens (including phenoxy) is 1. The summed E-state index contributed by atoms with van der Waals surface area (Å²) in [4.78, 5) is 51.5. The van der Waals surface area contributed by atoms with Gasteiger partial charge in [-0.05, 0) is 68.1 Å². The summed E-state index contributed by atoms with van der Waals surface area (Å²) in [6, 6.07) is 1.81. The second-order valence-electron chi connectivity index (χ2n) is 10.9. The third-order valence-corrected chi connectivity index (χ3v) is 7.54. The molecule has 39 heavy (non-hydrogen) atoms. The molecule has 1 aromatic rings. The molecule has 3 unspecified atom stereocenters. The highest BCUT2D eigenvalue weighted by Gasteiger charge is 2.36. The van der Waals surface area contributed by atoms with Gasteiger partial charge in [0.2, 0.25) is 0 Å². The number of benzene rings is 1. The van der Waals surface area contributed by atoms with Gasteiger partial charge in [0.1, 0.15) is 17.3 Å². The Hall–Kier alpha value is -2.78. The highest BCUT2D eigenvalue weighted by molar-refractivity contribution is 6.03. The zero-order chi connectivity index (χ0) is 29.1. The molecule has 0 saturated carbocycles. The van der Waals surface area contributed by atoms with E-state index in [2.05, 4.69) is 6.92 Å². The maximum atomic E-state index is 13.4. The van der Waals surface area contributed by atoms with Gasteiger partial charge in [0.05, 0.1) is 25.2 Å². The van der Waals surface area contributed by atoms with Crippen LogP contribution in [0, 0.1) is 17.8 Å². The van der Waals surface area contributed by atoms with Gasteiger partial charge in [0.25, 0.3) is 0 Å². The van der Waals surface area contributed by atoms with Crippen molar-refractivity contribution < 1.29 is 39.2 Å². The Morgan fingerprint density at radius 1 is 1.15 bits per heavy atom. The molecule has 1 aliphatic rings. The van der Waals surface area contributed by atoms with Crippen LogP contribution >= 0.6 is 0 Å². The van der Waals surface area contributed by atoms with Crippen LogP contribution in [0.5, 0.6) is 5.75 Å². The van der Waals surface area contributed by atoms with E-state index in [0.29, 0.717) is 30.6 Å². The maximum absolute atomic E-state index is 13.4. The molecule has 0 amide bonds. The molecule has 0 bridgehead atoms. The maximum Gasteiger partial charge on any atom is 0.306 e. The number of hydrogen-bond acceptors (Lipinski definition) is 9. The summed E-state index contributed by atoms with van der Waals surface area (Å²) in [6.07, 6.45) is 4.23. The number of esters is 1. The molecule has 0 saturated heterocycles. The first kappa shape index (κ1) is 32.4. The third-order valence-electron chi connectivity index (χ3n) is 7.54. The lowest BCUT2D eigenvalue weighted by Crippen LogP contribution is -2.33. The molecule has 0 radical (unpaired) electrons. The molecule has 0 fully saturated rings. The number of nitrogens with zero attached hydrogens (tertiary/aromatic N) is 1. The van der Waals surface area contributed by atoms with Crippen LogP contribution in [-0.2, 0) is 32.0 Å². The third kappa shape index (κ3) is 9.14. The van der Waals surface area contributed by atoms with E-state index in [1.54, 1.807) is 0 Å². The van der Waals surface area contributed by atoms with Gasteiger partial charge < -0.3 is 25.0 Å². The summed E-state index contributed by atoms with van der Waals surface area (Å²) in [6.45, 7) is 3.16. The van der Waals surface area contributed by atoms with Gasteiger partial charge in [-0.2, -0.15) is 0 Å². The first-order chi connectivity index (χ1) is 18.5. The average molecular weight is 548 g/mol. The van der Waals surface area contributed by atoms with Crippen LogP contribution in [0.4, 0.5) is 5.69 Å². The van der Waals surface area contributed by atoms with Gasteiger partial charge in [-0.1, -0.05) is 19.8 Å². The van der Waals surface area contributed by atoms with Crippen LogP contribution in [0.2, 0.25) is 0 Å². The summed E-state index contributed by atoms with van der Waals surface area (Å²) in [5.41, 5.74) is 2.28. The lowest BCUT2D eigenvalue weighted by atomic mass is 9.73. The predicted molar refractivity (Wildman–Crippen MR) is 148 cm³/mol. The molecule has 9 heteroatoms. The van der Waals surface area contributed by atoms with Crippen molar-refractivity contribution in [1.82, 2.24) is 0 Å². The normalized spacial score (nSPS) is 16.4. The number of carbonyl (C=O) groups is 4. The van der Waals surface area contributed by atoms with E-state index in [9.17, 15) is 34.5 Å². The zero-order valence-corrected chi connectivity index (χ0v) is 23.8. The first-order valence-electron chi connectivity index (χ1n) is 14.0. The number of aryl methyl sites for hydroxylation is 1. The summed E-state index contributed by atoms with van der Waals surface area (Å²) in [7, 11) is 3.70. The molecule has 1 aliphatic carbocycles. The number of aliphatic hydroxyl groups excluding tert-OH is 2. The van der Waals surface area contributed by atoms with Gasteiger partial charge in [-0.15, -0.1) is 0 Å². The smallest absolute Gasteiger partial charge is 0.306 e. The zero-order valence-electron chi connectivity index (χ0n) is 23.8. The largest absolute Gasteiger partial charge is 0.507 e. The predicted octanol–water partition coefficient (Wildman–Crippen LogP) is 3.41. The number of Topliss-reactive ketones (excluding diaryl/α,β-unsaturated/α-hetero) is 3. The van der Waals surface area contributed by atoms with Crippen LogP contribution in [0.3, 0.4) is 0 Å². The number of phenols is 1. The van der Waals surface area contributed by atoms with Crippen molar-refractivity contribution in [2.75, 3.05) is 38.8 Å². The molecule has 2 rings (SSSR count). The lowest BCUT2D eigenvalue weighted by molar-refractivity contribution is -0.143. The fourth-order valence-electron chi connectivity index (χ4n) is 5.55. The molecule has 0 spiro atoms. The summed E-state index contributed by atoms with van der Waals surface area (Å²) >= 11 is 0. The number of hydrogen-bond donors (Lipinski definition) is 3. The quantitative estimate of drug-likeness (QED) is 0.152. The number of rotatable bonds is 17. The molecule has 9 nitrogen and oxygen atoms in total. The van der Waals surface area contributed by atoms with E-state index in [0.717, 1.165) is 24.9 Å². The van der Waals surface area contributed by atoms with Gasteiger partial charge in [0.15, 0.2) is 5.78 Å². The molecule has 0 aromatic heterocycles. The van der Waals surface area contributed by atoms with Crippen molar-refractivity contribution in [2.24, 2.45) is 17.8 Å². The summed E-state index contributed by atoms with van der Waals surface area (Å²) in [5.74, 6) is -2.63. The van der Waals surface area contributed by atoms with Gasteiger partial charge in [0, 0.05) is 45.1 Å². The molecule has 0 heterocycles. The lowest BCUT2D eigenvalue weighted by Gasteiger charge is -2.33. The Balaban J connectivity index is 2.26. The summed E-state index contributed by atoms with van der Waals surface area (Å²) < 4.78 is 5.28. The van der Waals surface area contributed by atoms with Crippen molar-refractivity contribution in [3.8, 4) is 5.75 Å². The number of fused-ring (bicyclic) bond motifs is 1. The number of carbonyl (C=O) groups excluding carboxylic acids is 4. The molecular formula is C30H45NO8. The SMILES string of the molecule is CCCCCOC(=O)CCc1cc(N(C)C)c2c(c1O)C(=O)CC(CC(CCO)C(CO)C(=O)CC(C)=O)C2. The van der Waals surface area contributed by atoms with E-state index in [-0.39, 0.29) is 85.2 Å². The second kappa shape index (κ2) is 15.7. The number of unbranched alkanes of at least 4 members (excludes halogenated alkanes) is 2. The van der Waals surface area contributed by atoms with E-state index in [1.807, 2.05) is 25.1 Å². The second-order valence-corrected chi connectivity index (χ2v) is 10.9. The van der Waals surface area contributed by atoms with Gasteiger partial charge in [-0.3, -0.25) is 19.2 Å². The van der Waals surface area contributed by atoms with Crippen LogP contribution in [-0.4, -0.2) is 72.6 Å². The minimum absolute atomic E-state index is 0.0990. The number of ketones is 3. The van der Waals surface area contributed by atoms with Crippen molar-refractivity contribution in [2.45, 2.75) is 78.1 Å². The van der Waals surface area contributed by atoms with Crippen molar-refractivity contribution in [3.63, 3.8) is 0 Å². The van der Waals surface area contributed by atoms with Crippen molar-refractivity contribution in [3.05, 3.63) is 22.8 Å². The number of aliphatic hydroxyl groups is 2. The number of anilines is 1. The van der Waals surface area contributed by atoms with Gasteiger partial charge in [-0.25, -0.2) is 0 Å². The van der Waals surface area contributed by atoms with Crippen LogP contribution < -0.4 is 4.90 Å². The van der Waals surface area contributed by atoms with E-state index >= 15 is 0 Å². The molecular weight excluding hydrogens is 502 g/mol. The van der Waals surface area contributed by atoms with Gasteiger partial charge >= 0.3 is 5.97 Å². The fraction of sp³-hybridized carbons (Fsp3) is 0.667. The molecule has 218 valence electrons. The Labute approximate surface area is 231 Å². The van der Waals surface area contributed by atoms with E-state index < -0.39 is 12.5 Å². The highest BCUT2D eigenvalue weighted by Crippen LogP contribution is 2.42. The topological polar surface area (TPSA) is 141 Å². The van der Waals surface area contributed by atoms with Crippen LogP contribution in [0.15, 0.2) is 6.07 Å². The van der Waals surface area contributed by atoms with E-state index in [4.69, 9.17) is 4.74 Å². The average Bonchev–Trinajstić information content (AvgIpc) is 2.86. The molecule has 3 atom stereocenters. The minimum atomic E-state index is -0.789. The molecule has 1 aromatic carbocycles. The molecule has 3 N–H and O–H groups in total. The minimum Gasteiger partial charge on any atom is -0.507 e. The number of phenolic OH excluding ortho intramolecular Hbond substituents is 1. The summed E-state index contributed by atoms with van der Waals surface area (Å²) in [5, 5.41) is 30.6. The first-order valence-corrected chi connectivity index (χ1v) is 14.0. The van der Waals surface area contributed by atoms with Crippen molar-refractivity contribution >= 4 is 29.0 Å². The monoisotopic (exact) mass is 547 g/mol. The molecule has 0 aliphatic heterocycles. The Kier molecular flexibility index (Phi) is 13.1. The fourth-order valence-corrected chi connectivity index (χ4v) is 5.55. The highest BCUT2D eigenvalue weighted by atomic mass is 16.5. The Morgan fingerprint density at radius 3 is 2.46 bits per heavy atom. The standard InChI is InChI=1S/C30H45NO8/c1-5-6-7-12-39-28(37)9-8-22-17-25(31(3)4)23-15-20(16-27(36)29(23)30(22)38)14-21(10-11-32)24(18-33)26(35)13-19(2)34/h17,20-21,24,32-33,38H,5-16,18H2,1-4H3. The van der Waals surface area contributed by atoms with Crippen molar-refractivity contribution in [1.29, 1.82) is 0 Å².